The molecule has 2 unspecified atom stereocenters. The lowest BCUT2D eigenvalue weighted by molar-refractivity contribution is -0.123. The fourth-order valence-corrected chi connectivity index (χ4v) is 3.19. The van der Waals surface area contributed by atoms with Crippen molar-refractivity contribution in [1.29, 1.82) is 0 Å². The highest BCUT2D eigenvalue weighted by Gasteiger charge is 2.45. The summed E-state index contributed by atoms with van der Waals surface area (Å²) in [5, 5.41) is 5.69. The molecule has 1 aromatic heterocycles. The second kappa shape index (κ2) is 7.27. The first-order chi connectivity index (χ1) is 12.0. The number of hydrogen-bond acceptors (Lipinski definition) is 4. The molecule has 134 valence electrons. The van der Waals surface area contributed by atoms with Crippen molar-refractivity contribution in [2.45, 2.75) is 51.4 Å². The maximum Gasteiger partial charge on any atom is 0.220 e. The minimum absolute atomic E-state index is 0.0507. The van der Waals surface area contributed by atoms with Gasteiger partial charge in [-0.3, -0.25) is 9.59 Å². The van der Waals surface area contributed by atoms with Crippen molar-refractivity contribution in [1.82, 2.24) is 10.6 Å². The lowest BCUT2D eigenvalue weighted by Gasteiger charge is -2.25. The van der Waals surface area contributed by atoms with E-state index >= 15 is 0 Å². The third-order valence-corrected chi connectivity index (χ3v) is 4.93. The Kier molecular flexibility index (Phi) is 5.08. The quantitative estimate of drug-likeness (QED) is 0.709. The van der Waals surface area contributed by atoms with E-state index < -0.39 is 5.60 Å². The molecule has 1 aromatic rings. The summed E-state index contributed by atoms with van der Waals surface area (Å²) in [6, 6.07) is 3.58. The van der Waals surface area contributed by atoms with Crippen LogP contribution < -0.4 is 10.6 Å². The highest BCUT2D eigenvalue weighted by molar-refractivity contribution is 5.79. The number of hydrogen-bond donors (Lipinski definition) is 2. The van der Waals surface area contributed by atoms with Crippen LogP contribution in [-0.2, 0) is 20.9 Å². The topological polar surface area (TPSA) is 80.6 Å². The molecule has 2 N–H and O–H groups in total. The van der Waals surface area contributed by atoms with E-state index in [0.717, 1.165) is 0 Å². The van der Waals surface area contributed by atoms with Gasteiger partial charge < -0.3 is 19.8 Å². The summed E-state index contributed by atoms with van der Waals surface area (Å²) in [7, 11) is 0. The summed E-state index contributed by atoms with van der Waals surface area (Å²) in [5.74, 6) is 0.562. The van der Waals surface area contributed by atoms with Gasteiger partial charge in [0.2, 0.25) is 11.8 Å². The van der Waals surface area contributed by atoms with Gasteiger partial charge in [0.15, 0.2) is 0 Å². The molecule has 0 aliphatic carbocycles. The minimum Gasteiger partial charge on any atom is -0.467 e. The number of rotatable bonds is 8. The molecule has 2 aliphatic heterocycles. The average Bonchev–Trinajstić information content (AvgIpc) is 3.31. The van der Waals surface area contributed by atoms with E-state index in [0.29, 0.717) is 38.1 Å². The molecular formula is C19H24N2O4. The lowest BCUT2D eigenvalue weighted by Crippen LogP contribution is -2.41. The number of fused-ring (bicyclic) bond motifs is 2. The lowest BCUT2D eigenvalue weighted by atomic mass is 9.88. The summed E-state index contributed by atoms with van der Waals surface area (Å²) in [4.78, 5) is 23.8. The zero-order chi connectivity index (χ0) is 17.9. The van der Waals surface area contributed by atoms with Gasteiger partial charge in [-0.25, -0.2) is 0 Å². The van der Waals surface area contributed by atoms with Gasteiger partial charge in [0.05, 0.1) is 25.5 Å². The highest BCUT2D eigenvalue weighted by atomic mass is 16.5. The van der Waals surface area contributed by atoms with E-state index in [2.05, 4.69) is 17.6 Å². The third-order valence-electron chi connectivity index (χ3n) is 4.93. The Morgan fingerprint density at radius 3 is 2.60 bits per heavy atom. The molecule has 0 spiro atoms. The van der Waals surface area contributed by atoms with Gasteiger partial charge in [0, 0.05) is 12.8 Å². The number of furan rings is 1. The molecule has 0 radical (unpaired) electrons. The van der Waals surface area contributed by atoms with Crippen LogP contribution in [0.4, 0.5) is 0 Å². The predicted molar refractivity (Wildman–Crippen MR) is 92.5 cm³/mol. The van der Waals surface area contributed by atoms with E-state index in [-0.39, 0.29) is 17.9 Å². The Hall–Kier alpha value is -2.34. The summed E-state index contributed by atoms with van der Waals surface area (Å²) in [6.45, 7) is 4.92. The van der Waals surface area contributed by atoms with Gasteiger partial charge in [0.1, 0.15) is 11.4 Å². The Morgan fingerprint density at radius 1 is 1.20 bits per heavy atom. The molecule has 2 atom stereocenters. The molecule has 0 aromatic carbocycles. The number of amides is 2. The first-order valence-electron chi connectivity index (χ1n) is 8.61. The van der Waals surface area contributed by atoms with Crippen molar-refractivity contribution in [3.05, 3.63) is 47.5 Å². The van der Waals surface area contributed by atoms with Crippen molar-refractivity contribution < 1.29 is 18.7 Å². The average molecular weight is 344 g/mol. The predicted octanol–water partition coefficient (Wildman–Crippen LogP) is 2.23. The smallest absolute Gasteiger partial charge is 0.220 e. The number of nitrogens with one attached hydrogen (secondary N) is 2. The maximum atomic E-state index is 12.0. The standard InChI is InChI=1S/C19H24N2O4/c1-13-14(2)19(9-8-16(13)25-19)12-21-18(23)7-3-6-17(22)20-11-15-5-4-10-24-15/h4-5,8-10,16H,3,6-7,11-12H2,1-2H3,(H,20,22)(H,21,23). The SMILES string of the molecule is CC1=C(C)C2(CNC(=O)CCCC(=O)NCc3ccco3)C=CC1O2. The molecule has 3 rings (SSSR count). The molecule has 2 bridgehead atoms. The van der Waals surface area contributed by atoms with Crippen LogP contribution in [0.15, 0.2) is 46.1 Å². The van der Waals surface area contributed by atoms with Gasteiger partial charge in [-0.1, -0.05) is 6.08 Å². The molecule has 3 heterocycles. The first-order valence-corrected chi connectivity index (χ1v) is 8.61. The van der Waals surface area contributed by atoms with E-state index in [4.69, 9.17) is 9.15 Å². The monoisotopic (exact) mass is 344 g/mol. The molecule has 6 heteroatoms. The van der Waals surface area contributed by atoms with Crippen LogP contribution in [0.1, 0.15) is 38.9 Å². The van der Waals surface area contributed by atoms with Gasteiger partial charge >= 0.3 is 0 Å². The Bertz CT molecular complexity index is 705. The van der Waals surface area contributed by atoms with Gasteiger partial charge in [-0.2, -0.15) is 0 Å². The fraction of sp³-hybridized carbons (Fsp3) is 0.474. The number of ether oxygens (including phenoxy) is 1. The van der Waals surface area contributed by atoms with Crippen molar-refractivity contribution in [2.75, 3.05) is 6.54 Å². The fourth-order valence-electron chi connectivity index (χ4n) is 3.19. The van der Waals surface area contributed by atoms with Crippen molar-refractivity contribution in [3.63, 3.8) is 0 Å². The zero-order valence-electron chi connectivity index (χ0n) is 14.6. The maximum absolute atomic E-state index is 12.0. The molecule has 25 heavy (non-hydrogen) atoms. The zero-order valence-corrected chi connectivity index (χ0v) is 14.6. The highest BCUT2D eigenvalue weighted by Crippen LogP contribution is 2.42. The summed E-state index contributed by atoms with van der Waals surface area (Å²) < 4.78 is 11.1. The summed E-state index contributed by atoms with van der Waals surface area (Å²) in [5.41, 5.74) is 1.92. The summed E-state index contributed by atoms with van der Waals surface area (Å²) in [6.07, 6.45) is 6.83. The minimum atomic E-state index is -0.481. The summed E-state index contributed by atoms with van der Waals surface area (Å²) >= 11 is 0. The molecule has 2 amide bonds. The van der Waals surface area contributed by atoms with Crippen LogP contribution in [0, 0.1) is 0 Å². The van der Waals surface area contributed by atoms with Crippen LogP contribution in [0.2, 0.25) is 0 Å². The first kappa shape index (κ1) is 17.5. The Labute approximate surface area is 147 Å². The molecule has 6 nitrogen and oxygen atoms in total. The second-order valence-electron chi connectivity index (χ2n) is 6.58. The van der Waals surface area contributed by atoms with E-state index in [1.807, 2.05) is 19.1 Å². The molecule has 0 saturated heterocycles. The molecule has 2 aliphatic rings. The van der Waals surface area contributed by atoms with Crippen LogP contribution >= 0.6 is 0 Å². The van der Waals surface area contributed by atoms with E-state index in [1.54, 1.807) is 18.4 Å². The molecule has 0 saturated carbocycles. The second-order valence-corrected chi connectivity index (χ2v) is 6.58. The molecule has 0 fully saturated rings. The van der Waals surface area contributed by atoms with Crippen molar-refractivity contribution in [3.8, 4) is 0 Å². The van der Waals surface area contributed by atoms with Gasteiger partial charge in [-0.05, 0) is 49.6 Å². The van der Waals surface area contributed by atoms with Crippen LogP contribution in [-0.4, -0.2) is 30.1 Å². The van der Waals surface area contributed by atoms with Crippen molar-refractivity contribution in [2.24, 2.45) is 0 Å². The van der Waals surface area contributed by atoms with Crippen LogP contribution in [0.5, 0.6) is 0 Å². The number of carbonyl (C=O) groups is 2. The van der Waals surface area contributed by atoms with Gasteiger partial charge in [0.25, 0.3) is 0 Å². The van der Waals surface area contributed by atoms with Gasteiger partial charge in [-0.15, -0.1) is 0 Å². The number of carbonyl (C=O) groups excluding carboxylic acids is 2. The van der Waals surface area contributed by atoms with E-state index in [9.17, 15) is 9.59 Å². The van der Waals surface area contributed by atoms with E-state index in [1.165, 1.54) is 11.1 Å². The normalized spacial score (nSPS) is 24.0. The molecular weight excluding hydrogens is 320 g/mol. The van der Waals surface area contributed by atoms with Crippen molar-refractivity contribution >= 4 is 11.8 Å². The largest absolute Gasteiger partial charge is 0.467 e. The van der Waals surface area contributed by atoms with Crippen LogP contribution in [0.3, 0.4) is 0 Å². The Balaban J connectivity index is 1.33. The van der Waals surface area contributed by atoms with Crippen LogP contribution in [0.25, 0.3) is 0 Å². The third kappa shape index (κ3) is 3.85. The Morgan fingerprint density at radius 2 is 1.96 bits per heavy atom.